The maximum atomic E-state index is 10.4. The summed E-state index contributed by atoms with van der Waals surface area (Å²) in [5.41, 5.74) is 6.58. The minimum Gasteiger partial charge on any atom is -0.507 e. The van der Waals surface area contributed by atoms with Gasteiger partial charge >= 0.3 is 0 Å². The summed E-state index contributed by atoms with van der Waals surface area (Å²) in [7, 11) is 0. The Bertz CT molecular complexity index is 976. The Kier molecular flexibility index (Phi) is 7.33. The van der Waals surface area contributed by atoms with Crippen molar-refractivity contribution in [1.29, 1.82) is 0 Å². The fourth-order valence-electron chi connectivity index (χ4n) is 4.45. The predicted octanol–water partition coefficient (Wildman–Crippen LogP) is 7.15. The van der Waals surface area contributed by atoms with Crippen molar-refractivity contribution < 1.29 is 10.2 Å². The maximum Gasteiger partial charge on any atom is 0.124 e. The molecule has 2 heteroatoms. The first-order valence-corrected chi connectivity index (χ1v) is 11.2. The van der Waals surface area contributed by atoms with Gasteiger partial charge in [0.05, 0.1) is 6.10 Å². The van der Waals surface area contributed by atoms with Crippen LogP contribution in [0.3, 0.4) is 0 Å². The van der Waals surface area contributed by atoms with Crippen LogP contribution in [0.15, 0.2) is 66.7 Å². The molecule has 0 amide bonds. The van der Waals surface area contributed by atoms with Gasteiger partial charge in [-0.15, -0.1) is 0 Å². The van der Waals surface area contributed by atoms with Gasteiger partial charge in [0.15, 0.2) is 0 Å². The molecule has 0 spiro atoms. The average molecular weight is 403 g/mol. The lowest BCUT2D eigenvalue weighted by Gasteiger charge is -2.15. The Morgan fingerprint density at radius 1 is 0.700 bits per heavy atom. The molecular formula is C28H34O2. The number of aromatic hydroxyl groups is 1. The van der Waals surface area contributed by atoms with E-state index in [0.717, 1.165) is 46.1 Å². The first-order chi connectivity index (χ1) is 14.6. The molecule has 158 valence electrons. The van der Waals surface area contributed by atoms with Crippen molar-refractivity contribution in [2.45, 2.75) is 53.1 Å². The molecule has 0 aliphatic heterocycles. The van der Waals surface area contributed by atoms with E-state index in [4.69, 9.17) is 5.11 Å². The third-order valence-corrected chi connectivity index (χ3v) is 6.20. The molecule has 2 aliphatic rings. The smallest absolute Gasteiger partial charge is 0.124 e. The predicted molar refractivity (Wildman–Crippen MR) is 127 cm³/mol. The molecule has 0 bridgehead atoms. The molecule has 3 aromatic carbocycles. The molecule has 3 aromatic rings. The number of aliphatic hydroxyl groups is 1. The van der Waals surface area contributed by atoms with Crippen LogP contribution in [0.25, 0.3) is 22.3 Å². The second kappa shape index (κ2) is 9.95. The van der Waals surface area contributed by atoms with Gasteiger partial charge in [0.25, 0.3) is 0 Å². The van der Waals surface area contributed by atoms with Gasteiger partial charge in [0, 0.05) is 5.56 Å². The highest BCUT2D eigenvalue weighted by molar-refractivity contribution is 5.89. The summed E-state index contributed by atoms with van der Waals surface area (Å²) in [4.78, 5) is 0. The average Bonchev–Trinajstić information content (AvgIpc) is 3.47. The molecule has 2 nitrogen and oxygen atoms in total. The zero-order valence-corrected chi connectivity index (χ0v) is 18.6. The standard InChI is InChI=1S/C20H18O.C6H10O.C2H6/c1-14-8-3-5-10-16(14)18-12-7-13-19(21)20(18)17-11-6-4-9-15(17)2;7-6-2-1-4-3-5(4)6;1-2/h3-13,21H,1-2H3;4-7H,1-3H2;1-2H3. The van der Waals surface area contributed by atoms with Crippen LogP contribution in [0.2, 0.25) is 0 Å². The van der Waals surface area contributed by atoms with E-state index >= 15 is 0 Å². The molecule has 3 unspecified atom stereocenters. The lowest BCUT2D eigenvalue weighted by atomic mass is 9.90. The van der Waals surface area contributed by atoms with Crippen molar-refractivity contribution in [3.05, 3.63) is 77.9 Å². The highest BCUT2D eigenvalue weighted by atomic mass is 16.3. The van der Waals surface area contributed by atoms with Gasteiger partial charge in [-0.1, -0.05) is 74.5 Å². The van der Waals surface area contributed by atoms with E-state index < -0.39 is 0 Å². The van der Waals surface area contributed by atoms with Gasteiger partial charge in [-0.25, -0.2) is 0 Å². The lowest BCUT2D eigenvalue weighted by Crippen LogP contribution is -2.02. The number of rotatable bonds is 2. The molecule has 2 aliphatic carbocycles. The molecule has 2 saturated carbocycles. The number of hydrogen-bond donors (Lipinski definition) is 2. The van der Waals surface area contributed by atoms with Gasteiger partial charge < -0.3 is 10.2 Å². The van der Waals surface area contributed by atoms with Crippen LogP contribution in [0.4, 0.5) is 0 Å². The summed E-state index contributed by atoms with van der Waals surface area (Å²) >= 11 is 0. The maximum absolute atomic E-state index is 10.4. The molecule has 0 radical (unpaired) electrons. The van der Waals surface area contributed by atoms with Crippen LogP contribution < -0.4 is 0 Å². The molecule has 5 rings (SSSR count). The zero-order chi connectivity index (χ0) is 21.7. The zero-order valence-electron chi connectivity index (χ0n) is 18.6. The quantitative estimate of drug-likeness (QED) is 0.478. The molecule has 0 saturated heterocycles. The van der Waals surface area contributed by atoms with Crippen molar-refractivity contribution >= 4 is 0 Å². The number of fused-ring (bicyclic) bond motifs is 1. The van der Waals surface area contributed by atoms with Gasteiger partial charge in [-0.2, -0.15) is 0 Å². The Morgan fingerprint density at radius 2 is 1.27 bits per heavy atom. The molecular weight excluding hydrogens is 368 g/mol. The van der Waals surface area contributed by atoms with Crippen LogP contribution in [0, 0.1) is 25.7 Å². The van der Waals surface area contributed by atoms with Crippen LogP contribution >= 0.6 is 0 Å². The van der Waals surface area contributed by atoms with E-state index in [1.807, 2.05) is 44.2 Å². The van der Waals surface area contributed by atoms with Crippen molar-refractivity contribution in [3.63, 3.8) is 0 Å². The monoisotopic (exact) mass is 402 g/mol. The molecule has 0 aromatic heterocycles. The van der Waals surface area contributed by atoms with Crippen molar-refractivity contribution in [2.75, 3.05) is 0 Å². The Balaban J connectivity index is 0.000000235. The van der Waals surface area contributed by atoms with E-state index in [1.165, 1.54) is 18.4 Å². The SMILES string of the molecule is CC.Cc1ccccc1-c1cccc(O)c1-c1ccccc1C.OC1CCC2CC12. The summed E-state index contributed by atoms with van der Waals surface area (Å²) in [5.74, 6) is 2.00. The van der Waals surface area contributed by atoms with Crippen LogP contribution in [-0.4, -0.2) is 16.3 Å². The van der Waals surface area contributed by atoms with E-state index in [9.17, 15) is 5.11 Å². The van der Waals surface area contributed by atoms with Gasteiger partial charge in [-0.05, 0) is 78.8 Å². The molecule has 2 N–H and O–H groups in total. The number of aryl methyl sites for hydroxylation is 2. The summed E-state index contributed by atoms with van der Waals surface area (Å²) in [5, 5.41) is 19.5. The van der Waals surface area contributed by atoms with Crippen LogP contribution in [-0.2, 0) is 0 Å². The van der Waals surface area contributed by atoms with Crippen LogP contribution in [0.5, 0.6) is 5.75 Å². The van der Waals surface area contributed by atoms with Gasteiger partial charge in [0.2, 0.25) is 0 Å². The van der Waals surface area contributed by atoms with Gasteiger partial charge in [0.1, 0.15) is 5.75 Å². The largest absolute Gasteiger partial charge is 0.507 e. The fourth-order valence-corrected chi connectivity index (χ4v) is 4.45. The Hall–Kier alpha value is -2.58. The van der Waals surface area contributed by atoms with E-state index in [-0.39, 0.29) is 6.10 Å². The van der Waals surface area contributed by atoms with Crippen molar-refractivity contribution in [3.8, 4) is 28.0 Å². The molecule has 0 heterocycles. The summed E-state index contributed by atoms with van der Waals surface area (Å²) in [6, 6.07) is 22.2. The topological polar surface area (TPSA) is 40.5 Å². The molecule has 30 heavy (non-hydrogen) atoms. The van der Waals surface area contributed by atoms with Crippen LogP contribution in [0.1, 0.15) is 44.2 Å². The fraction of sp³-hybridized carbons (Fsp3) is 0.357. The van der Waals surface area contributed by atoms with Crippen molar-refractivity contribution in [2.24, 2.45) is 11.8 Å². The first kappa shape index (κ1) is 22.1. The Labute approximate surface area is 181 Å². The van der Waals surface area contributed by atoms with E-state index in [0.29, 0.717) is 5.75 Å². The summed E-state index contributed by atoms with van der Waals surface area (Å²) in [6.45, 7) is 8.17. The molecule has 3 atom stereocenters. The third kappa shape index (κ3) is 4.76. The number of benzene rings is 3. The highest BCUT2D eigenvalue weighted by Crippen LogP contribution is 2.51. The second-order valence-corrected chi connectivity index (χ2v) is 8.13. The number of phenolic OH excluding ortho intramolecular Hbond substituents is 1. The first-order valence-electron chi connectivity index (χ1n) is 11.2. The number of phenols is 1. The Morgan fingerprint density at radius 3 is 1.73 bits per heavy atom. The third-order valence-electron chi connectivity index (χ3n) is 6.20. The minimum absolute atomic E-state index is 0.0880. The number of hydrogen-bond acceptors (Lipinski definition) is 2. The summed E-state index contributed by atoms with van der Waals surface area (Å²) < 4.78 is 0. The second-order valence-electron chi connectivity index (χ2n) is 8.13. The molecule has 2 fully saturated rings. The van der Waals surface area contributed by atoms with Crippen molar-refractivity contribution in [1.82, 2.24) is 0 Å². The normalized spacial score (nSPS) is 20.9. The lowest BCUT2D eigenvalue weighted by molar-refractivity contribution is 0.159. The van der Waals surface area contributed by atoms with E-state index in [1.54, 1.807) is 6.07 Å². The summed E-state index contributed by atoms with van der Waals surface area (Å²) in [6.07, 6.45) is 3.78. The highest BCUT2D eigenvalue weighted by Gasteiger charge is 2.47. The number of aliphatic hydroxyl groups excluding tert-OH is 1. The minimum atomic E-state index is 0.0880. The van der Waals surface area contributed by atoms with E-state index in [2.05, 4.69) is 44.2 Å². The van der Waals surface area contributed by atoms with Gasteiger partial charge in [-0.3, -0.25) is 0 Å².